The number of ether oxygens (including phenoxy) is 3. The Balaban J connectivity index is 4.38. The van der Waals surface area contributed by atoms with E-state index in [0.29, 0.717) is 19.3 Å². The highest BCUT2D eigenvalue weighted by Gasteiger charge is 2.19. The summed E-state index contributed by atoms with van der Waals surface area (Å²) in [5.41, 5.74) is 0. The van der Waals surface area contributed by atoms with E-state index in [2.05, 4.69) is 69.4 Å². The van der Waals surface area contributed by atoms with Crippen molar-refractivity contribution in [3.8, 4) is 0 Å². The van der Waals surface area contributed by atoms with Crippen LogP contribution in [0.15, 0.2) is 48.6 Å². The Morgan fingerprint density at radius 3 is 0.877 bits per heavy atom. The fourth-order valence-electron chi connectivity index (χ4n) is 8.03. The molecular weight excluding hydrogens is 805 g/mol. The summed E-state index contributed by atoms with van der Waals surface area (Å²) in [6, 6.07) is 0. The largest absolute Gasteiger partial charge is 0.462 e. The normalized spacial score (nSPS) is 12.4. The maximum absolute atomic E-state index is 12.8. The summed E-state index contributed by atoms with van der Waals surface area (Å²) in [4.78, 5) is 38.1. The first-order chi connectivity index (χ1) is 32.0. The summed E-state index contributed by atoms with van der Waals surface area (Å²) >= 11 is 0. The van der Waals surface area contributed by atoms with Crippen LogP contribution >= 0.6 is 0 Å². The van der Waals surface area contributed by atoms with Crippen LogP contribution in [-0.4, -0.2) is 37.2 Å². The van der Waals surface area contributed by atoms with Crippen molar-refractivity contribution in [2.45, 2.75) is 297 Å². The fourth-order valence-corrected chi connectivity index (χ4v) is 8.03. The van der Waals surface area contributed by atoms with Crippen LogP contribution in [-0.2, 0) is 28.6 Å². The average Bonchev–Trinajstić information content (AvgIpc) is 3.30. The molecule has 0 unspecified atom stereocenters. The molecule has 378 valence electrons. The molecule has 0 N–H and O–H groups in total. The van der Waals surface area contributed by atoms with Gasteiger partial charge < -0.3 is 14.2 Å². The number of hydrogen-bond acceptors (Lipinski definition) is 6. The Bertz CT molecular complexity index is 1140. The molecule has 0 aliphatic carbocycles. The van der Waals surface area contributed by atoms with Crippen molar-refractivity contribution in [1.29, 1.82) is 0 Å². The van der Waals surface area contributed by atoms with E-state index >= 15 is 0 Å². The lowest BCUT2D eigenvalue weighted by atomic mass is 10.0. The maximum Gasteiger partial charge on any atom is 0.306 e. The van der Waals surface area contributed by atoms with Crippen LogP contribution in [0.3, 0.4) is 0 Å². The topological polar surface area (TPSA) is 78.9 Å². The van der Waals surface area contributed by atoms with Gasteiger partial charge in [-0.3, -0.25) is 14.4 Å². The van der Waals surface area contributed by atoms with E-state index in [1.54, 1.807) is 0 Å². The molecular formula is C59H106O6. The first-order valence-corrected chi connectivity index (χ1v) is 28.1. The smallest absolute Gasteiger partial charge is 0.306 e. The number of allylic oxidation sites excluding steroid dienone is 8. The lowest BCUT2D eigenvalue weighted by Crippen LogP contribution is -2.30. The summed E-state index contributed by atoms with van der Waals surface area (Å²) in [7, 11) is 0. The predicted molar refractivity (Wildman–Crippen MR) is 279 cm³/mol. The highest BCUT2D eigenvalue weighted by Crippen LogP contribution is 2.16. The molecule has 0 saturated carbocycles. The molecule has 6 nitrogen and oxygen atoms in total. The SMILES string of the molecule is CCCCC/C=C/C/C=C/CCCCCCCCCC(=O)OC[C@@H](COC(=O)CCCCCCCCCCCCCCC)OC(=O)CCCCCCCCC/C=C/C/C=C/CCCCC. The monoisotopic (exact) mass is 911 g/mol. The molecule has 65 heavy (non-hydrogen) atoms. The molecule has 0 bridgehead atoms. The molecule has 0 spiro atoms. The van der Waals surface area contributed by atoms with Gasteiger partial charge in [0.2, 0.25) is 0 Å². The Labute approximate surface area is 403 Å². The highest BCUT2D eigenvalue weighted by molar-refractivity contribution is 5.71. The van der Waals surface area contributed by atoms with Gasteiger partial charge in [-0.2, -0.15) is 0 Å². The van der Waals surface area contributed by atoms with Gasteiger partial charge in [-0.1, -0.05) is 236 Å². The van der Waals surface area contributed by atoms with E-state index in [1.807, 2.05) is 0 Å². The lowest BCUT2D eigenvalue weighted by molar-refractivity contribution is -0.167. The number of hydrogen-bond donors (Lipinski definition) is 0. The quantitative estimate of drug-likeness (QED) is 0.0262. The molecule has 0 aromatic rings. The molecule has 0 aliphatic heterocycles. The molecule has 0 aliphatic rings. The van der Waals surface area contributed by atoms with E-state index < -0.39 is 6.10 Å². The Kier molecular flexibility index (Phi) is 51.8. The third-order valence-electron chi connectivity index (χ3n) is 12.3. The minimum Gasteiger partial charge on any atom is -0.462 e. The van der Waals surface area contributed by atoms with Crippen LogP contribution in [0.1, 0.15) is 290 Å². The zero-order valence-corrected chi connectivity index (χ0v) is 43.3. The van der Waals surface area contributed by atoms with Gasteiger partial charge in [0.15, 0.2) is 6.10 Å². The van der Waals surface area contributed by atoms with E-state index in [0.717, 1.165) is 83.5 Å². The molecule has 0 heterocycles. The lowest BCUT2D eigenvalue weighted by Gasteiger charge is -2.18. The van der Waals surface area contributed by atoms with E-state index in [1.165, 1.54) is 167 Å². The second kappa shape index (κ2) is 54.0. The highest BCUT2D eigenvalue weighted by atomic mass is 16.6. The van der Waals surface area contributed by atoms with Crippen LogP contribution < -0.4 is 0 Å². The number of carbonyl (C=O) groups is 3. The third kappa shape index (κ3) is 52.2. The fraction of sp³-hybridized carbons (Fsp3) is 0.814. The summed E-state index contributed by atoms with van der Waals surface area (Å²) in [6.07, 6.45) is 65.2. The van der Waals surface area contributed by atoms with Crippen LogP contribution in [0, 0.1) is 0 Å². The van der Waals surface area contributed by atoms with Crippen LogP contribution in [0.2, 0.25) is 0 Å². The maximum atomic E-state index is 12.8. The molecule has 0 amide bonds. The van der Waals surface area contributed by atoms with Crippen molar-refractivity contribution in [2.75, 3.05) is 13.2 Å². The second-order valence-electron chi connectivity index (χ2n) is 18.8. The predicted octanol–water partition coefficient (Wildman–Crippen LogP) is 18.7. The Hall–Kier alpha value is -2.63. The van der Waals surface area contributed by atoms with Gasteiger partial charge in [-0.15, -0.1) is 0 Å². The minimum absolute atomic E-state index is 0.0762. The Morgan fingerprint density at radius 2 is 0.554 bits per heavy atom. The van der Waals surface area contributed by atoms with E-state index in [9.17, 15) is 14.4 Å². The van der Waals surface area contributed by atoms with Gasteiger partial charge in [-0.25, -0.2) is 0 Å². The standard InChI is InChI=1S/C59H106O6/c1-4-7-10-13-16-19-22-25-27-29-31-34-37-40-43-46-49-52-58(61)64-55-56(54-63-57(60)51-48-45-42-39-36-33-24-21-18-15-12-9-6-3)65-59(62)53-50-47-44-41-38-35-32-30-28-26-23-20-17-14-11-8-5-2/h16-17,19-20,25-28,56H,4-15,18,21-24,29-55H2,1-3H3/b19-16+,20-17+,27-25+,28-26+/t56-/m1/s1. The van der Waals surface area contributed by atoms with Crippen molar-refractivity contribution in [2.24, 2.45) is 0 Å². The summed E-state index contributed by atoms with van der Waals surface area (Å²) < 4.78 is 16.9. The zero-order valence-electron chi connectivity index (χ0n) is 43.3. The molecule has 0 rings (SSSR count). The molecule has 0 radical (unpaired) electrons. The van der Waals surface area contributed by atoms with Crippen LogP contribution in [0.4, 0.5) is 0 Å². The molecule has 0 saturated heterocycles. The van der Waals surface area contributed by atoms with Crippen molar-refractivity contribution in [3.05, 3.63) is 48.6 Å². The van der Waals surface area contributed by atoms with Crippen LogP contribution in [0.5, 0.6) is 0 Å². The van der Waals surface area contributed by atoms with Gasteiger partial charge in [0.25, 0.3) is 0 Å². The van der Waals surface area contributed by atoms with Crippen molar-refractivity contribution in [1.82, 2.24) is 0 Å². The Morgan fingerprint density at radius 1 is 0.308 bits per heavy atom. The first-order valence-electron chi connectivity index (χ1n) is 28.1. The number of unbranched alkanes of at least 4 members (excludes halogenated alkanes) is 32. The van der Waals surface area contributed by atoms with Crippen molar-refractivity contribution >= 4 is 17.9 Å². The van der Waals surface area contributed by atoms with E-state index in [-0.39, 0.29) is 31.1 Å². The van der Waals surface area contributed by atoms with Crippen molar-refractivity contribution in [3.63, 3.8) is 0 Å². The molecule has 0 fully saturated rings. The third-order valence-corrected chi connectivity index (χ3v) is 12.3. The van der Waals surface area contributed by atoms with Gasteiger partial charge >= 0.3 is 17.9 Å². The summed E-state index contributed by atoms with van der Waals surface area (Å²) in [6.45, 7) is 6.60. The summed E-state index contributed by atoms with van der Waals surface area (Å²) in [5, 5.41) is 0. The van der Waals surface area contributed by atoms with E-state index in [4.69, 9.17) is 14.2 Å². The molecule has 6 heteroatoms. The first kappa shape index (κ1) is 62.4. The number of esters is 3. The van der Waals surface area contributed by atoms with Gasteiger partial charge in [0.05, 0.1) is 0 Å². The molecule has 1 atom stereocenters. The summed E-state index contributed by atoms with van der Waals surface area (Å²) in [5.74, 6) is -0.880. The molecule has 0 aromatic heterocycles. The number of rotatable bonds is 51. The second-order valence-corrected chi connectivity index (χ2v) is 18.8. The van der Waals surface area contributed by atoms with Crippen molar-refractivity contribution < 1.29 is 28.6 Å². The average molecular weight is 911 g/mol. The van der Waals surface area contributed by atoms with Gasteiger partial charge in [0, 0.05) is 19.3 Å². The number of carbonyl (C=O) groups excluding carboxylic acids is 3. The van der Waals surface area contributed by atoms with Gasteiger partial charge in [-0.05, 0) is 83.5 Å². The van der Waals surface area contributed by atoms with Crippen LogP contribution in [0.25, 0.3) is 0 Å². The molecule has 0 aromatic carbocycles. The zero-order chi connectivity index (χ0) is 47.2. The van der Waals surface area contributed by atoms with Gasteiger partial charge in [0.1, 0.15) is 13.2 Å². The minimum atomic E-state index is -0.778.